The van der Waals surface area contributed by atoms with Gasteiger partial charge in [-0.05, 0) is 23.8 Å². The number of rotatable bonds is 3. The molecule has 0 aromatic heterocycles. The van der Waals surface area contributed by atoms with Crippen LogP contribution in [0.3, 0.4) is 0 Å². The topological polar surface area (TPSA) is 67.2 Å². The Balaban J connectivity index is 2.81. The van der Waals surface area contributed by atoms with Crippen LogP contribution in [0, 0.1) is 11.3 Å². The third kappa shape index (κ3) is 3.07. The van der Waals surface area contributed by atoms with Crippen LogP contribution in [-0.2, 0) is 14.3 Å². The molecule has 0 N–H and O–H groups in total. The highest BCUT2D eigenvalue weighted by molar-refractivity contribution is 6.39. The van der Waals surface area contributed by atoms with Crippen LogP contribution in [0.1, 0.15) is 11.1 Å². The molecule has 1 aromatic rings. The maximum atomic E-state index is 11.1. The van der Waals surface area contributed by atoms with Gasteiger partial charge in [0.2, 0.25) is 0 Å². The average Bonchev–Trinajstić information content (AvgIpc) is 2.35. The summed E-state index contributed by atoms with van der Waals surface area (Å²) in [5, 5.41) is 8.65. The average molecular weight is 215 g/mol. The van der Waals surface area contributed by atoms with E-state index >= 15 is 0 Å². The molecule has 4 nitrogen and oxygen atoms in total. The first kappa shape index (κ1) is 11.7. The van der Waals surface area contributed by atoms with Gasteiger partial charge in [0.05, 0.1) is 18.7 Å². The summed E-state index contributed by atoms with van der Waals surface area (Å²) in [7, 11) is 1.14. The molecular formula is C12H9NO3. The third-order valence-electron chi connectivity index (χ3n) is 1.83. The summed E-state index contributed by atoms with van der Waals surface area (Å²) in [5.41, 5.74) is 1.17. The van der Waals surface area contributed by atoms with E-state index < -0.39 is 11.8 Å². The lowest BCUT2D eigenvalue weighted by atomic mass is 10.1. The van der Waals surface area contributed by atoms with Gasteiger partial charge in [0.1, 0.15) is 0 Å². The van der Waals surface area contributed by atoms with Gasteiger partial charge in [-0.2, -0.15) is 5.26 Å². The lowest BCUT2D eigenvalue weighted by molar-refractivity contribution is -0.149. The molecule has 0 unspecified atom stereocenters. The Kier molecular flexibility index (Phi) is 3.98. The predicted molar refractivity (Wildman–Crippen MR) is 57.2 cm³/mol. The fourth-order valence-corrected chi connectivity index (χ4v) is 1.05. The number of ketones is 1. The summed E-state index contributed by atoms with van der Waals surface area (Å²) in [6.45, 7) is 0. The first-order valence-electron chi connectivity index (χ1n) is 4.48. The van der Waals surface area contributed by atoms with Gasteiger partial charge in [-0.25, -0.2) is 4.79 Å². The second-order valence-corrected chi connectivity index (χ2v) is 2.93. The normalized spacial score (nSPS) is 9.75. The van der Waals surface area contributed by atoms with Gasteiger partial charge < -0.3 is 4.74 Å². The largest absolute Gasteiger partial charge is 0.463 e. The van der Waals surface area contributed by atoms with Crippen LogP contribution in [0.2, 0.25) is 0 Å². The number of methoxy groups -OCH3 is 1. The minimum absolute atomic E-state index is 0.493. The number of carbonyl (C=O) groups excluding carboxylic acids is 2. The molecule has 16 heavy (non-hydrogen) atoms. The highest BCUT2D eigenvalue weighted by Gasteiger charge is 2.08. The van der Waals surface area contributed by atoms with Crippen molar-refractivity contribution in [2.24, 2.45) is 0 Å². The van der Waals surface area contributed by atoms with Crippen molar-refractivity contribution in [3.05, 3.63) is 41.5 Å². The molecule has 0 aliphatic rings. The van der Waals surface area contributed by atoms with E-state index in [-0.39, 0.29) is 0 Å². The lowest BCUT2D eigenvalue weighted by Gasteiger charge is -1.94. The summed E-state index contributed by atoms with van der Waals surface area (Å²) in [4.78, 5) is 21.9. The van der Waals surface area contributed by atoms with Crippen LogP contribution in [0.15, 0.2) is 30.3 Å². The van der Waals surface area contributed by atoms with E-state index in [9.17, 15) is 9.59 Å². The van der Waals surface area contributed by atoms with Crippen LogP contribution in [0.4, 0.5) is 0 Å². The number of benzene rings is 1. The molecule has 1 rings (SSSR count). The molecular weight excluding hydrogens is 206 g/mol. The smallest absolute Gasteiger partial charge is 0.378 e. The number of hydrogen-bond acceptors (Lipinski definition) is 4. The molecule has 0 heterocycles. The SMILES string of the molecule is COC(=O)C(=O)C=Cc1cccc(C#N)c1. The van der Waals surface area contributed by atoms with Crippen molar-refractivity contribution < 1.29 is 14.3 Å². The van der Waals surface area contributed by atoms with E-state index in [4.69, 9.17) is 5.26 Å². The summed E-state index contributed by atoms with van der Waals surface area (Å²) >= 11 is 0. The van der Waals surface area contributed by atoms with Crippen LogP contribution < -0.4 is 0 Å². The second kappa shape index (κ2) is 5.47. The summed E-state index contributed by atoms with van der Waals surface area (Å²) in [5.74, 6) is -1.64. The van der Waals surface area contributed by atoms with Crippen molar-refractivity contribution in [1.82, 2.24) is 0 Å². The Hall–Kier alpha value is -2.41. The molecule has 0 bridgehead atoms. The summed E-state index contributed by atoms with van der Waals surface area (Å²) in [6.07, 6.45) is 2.57. The first-order chi connectivity index (χ1) is 7.67. The Morgan fingerprint density at radius 1 is 1.44 bits per heavy atom. The van der Waals surface area contributed by atoms with E-state index in [2.05, 4.69) is 4.74 Å². The van der Waals surface area contributed by atoms with E-state index in [0.29, 0.717) is 11.1 Å². The van der Waals surface area contributed by atoms with Gasteiger partial charge in [0, 0.05) is 0 Å². The van der Waals surface area contributed by atoms with E-state index in [1.54, 1.807) is 24.3 Å². The Bertz CT molecular complexity index is 483. The van der Waals surface area contributed by atoms with Gasteiger partial charge >= 0.3 is 5.97 Å². The molecule has 1 aromatic carbocycles. The second-order valence-electron chi connectivity index (χ2n) is 2.93. The molecule has 80 valence electrons. The number of esters is 1. The first-order valence-corrected chi connectivity index (χ1v) is 4.48. The lowest BCUT2D eigenvalue weighted by Crippen LogP contribution is -2.12. The van der Waals surface area contributed by atoms with E-state index in [1.807, 2.05) is 6.07 Å². The fraction of sp³-hybridized carbons (Fsp3) is 0.0833. The molecule has 0 saturated carbocycles. The monoisotopic (exact) mass is 215 g/mol. The zero-order valence-electron chi connectivity index (χ0n) is 8.64. The van der Waals surface area contributed by atoms with Crippen molar-refractivity contribution in [3.63, 3.8) is 0 Å². The van der Waals surface area contributed by atoms with Crippen molar-refractivity contribution in [3.8, 4) is 6.07 Å². The van der Waals surface area contributed by atoms with Crippen molar-refractivity contribution in [1.29, 1.82) is 5.26 Å². The number of nitrogens with zero attached hydrogens (tertiary/aromatic N) is 1. The molecule has 0 amide bonds. The van der Waals surface area contributed by atoms with Gasteiger partial charge in [-0.15, -0.1) is 0 Å². The van der Waals surface area contributed by atoms with Crippen LogP contribution in [0.25, 0.3) is 6.08 Å². The van der Waals surface area contributed by atoms with Crippen LogP contribution in [0.5, 0.6) is 0 Å². The molecule has 0 aliphatic heterocycles. The van der Waals surface area contributed by atoms with Crippen LogP contribution >= 0.6 is 0 Å². The van der Waals surface area contributed by atoms with Crippen LogP contribution in [-0.4, -0.2) is 18.9 Å². The number of hydrogen-bond donors (Lipinski definition) is 0. The van der Waals surface area contributed by atoms with E-state index in [0.717, 1.165) is 13.2 Å². The maximum absolute atomic E-state index is 11.1. The van der Waals surface area contributed by atoms with Gasteiger partial charge in [-0.3, -0.25) is 4.79 Å². The summed E-state index contributed by atoms with van der Waals surface area (Å²) in [6, 6.07) is 8.66. The van der Waals surface area contributed by atoms with Crippen molar-refractivity contribution in [2.45, 2.75) is 0 Å². The minimum atomic E-state index is -0.910. The van der Waals surface area contributed by atoms with Gasteiger partial charge in [0.25, 0.3) is 5.78 Å². The number of nitriles is 1. The van der Waals surface area contributed by atoms with E-state index in [1.165, 1.54) is 6.08 Å². The molecule has 0 saturated heterocycles. The molecule has 0 spiro atoms. The Labute approximate surface area is 92.8 Å². The zero-order chi connectivity index (χ0) is 12.0. The standard InChI is InChI=1S/C12H9NO3/c1-16-12(15)11(14)6-5-9-3-2-4-10(7-9)8-13/h2-7H,1H3. The van der Waals surface area contributed by atoms with Gasteiger partial charge in [0.15, 0.2) is 0 Å². The highest BCUT2D eigenvalue weighted by Crippen LogP contribution is 2.06. The predicted octanol–water partition coefficient (Wildman–Crippen LogP) is 1.31. The van der Waals surface area contributed by atoms with Gasteiger partial charge in [-0.1, -0.05) is 18.2 Å². The maximum Gasteiger partial charge on any atom is 0.378 e. The molecule has 0 aliphatic carbocycles. The highest BCUT2D eigenvalue weighted by atomic mass is 16.5. The van der Waals surface area contributed by atoms with Crippen molar-refractivity contribution >= 4 is 17.8 Å². The number of carbonyl (C=O) groups is 2. The fourth-order valence-electron chi connectivity index (χ4n) is 1.05. The summed E-state index contributed by atoms with van der Waals surface area (Å²) < 4.78 is 4.25. The quantitative estimate of drug-likeness (QED) is 0.433. The molecule has 0 fully saturated rings. The molecule has 0 radical (unpaired) electrons. The minimum Gasteiger partial charge on any atom is -0.463 e. The molecule has 0 atom stereocenters. The zero-order valence-corrected chi connectivity index (χ0v) is 8.64. The number of ether oxygens (including phenoxy) is 1. The van der Waals surface area contributed by atoms with Crippen molar-refractivity contribution in [2.75, 3.05) is 7.11 Å². The Morgan fingerprint density at radius 2 is 2.19 bits per heavy atom. The Morgan fingerprint density at radius 3 is 2.81 bits per heavy atom. The molecule has 4 heteroatoms. The third-order valence-corrected chi connectivity index (χ3v) is 1.83.